The molecule has 20 heavy (non-hydrogen) atoms. The Morgan fingerprint density at radius 2 is 1.85 bits per heavy atom. The van der Waals surface area contributed by atoms with Gasteiger partial charge in [-0.2, -0.15) is 0 Å². The van der Waals surface area contributed by atoms with Crippen LogP contribution in [0, 0.1) is 11.8 Å². The molecule has 1 aliphatic carbocycles. The molecule has 0 aromatic heterocycles. The molecule has 3 aliphatic rings. The largest absolute Gasteiger partial charge is 0.342 e. The smallest absolute Gasteiger partial charge is 0.225 e. The molecule has 5 nitrogen and oxygen atoms in total. The maximum atomic E-state index is 12.4. The van der Waals surface area contributed by atoms with Gasteiger partial charge in [-0.1, -0.05) is 13.3 Å². The Labute approximate surface area is 121 Å². The van der Waals surface area contributed by atoms with Gasteiger partial charge in [0.25, 0.3) is 0 Å². The maximum Gasteiger partial charge on any atom is 0.225 e. The number of nitrogens with zero attached hydrogens (tertiary/aromatic N) is 2. The summed E-state index contributed by atoms with van der Waals surface area (Å²) in [4.78, 5) is 14.2. The fourth-order valence-corrected chi connectivity index (χ4v) is 5.99. The number of carbonyl (C=O) groups is 1. The van der Waals surface area contributed by atoms with E-state index in [1.807, 2.05) is 11.8 Å². The summed E-state index contributed by atoms with van der Waals surface area (Å²) in [6.45, 7) is 4.47. The quantitative estimate of drug-likeness (QED) is 0.766. The molecule has 0 N–H and O–H groups in total. The summed E-state index contributed by atoms with van der Waals surface area (Å²) >= 11 is 0. The van der Waals surface area contributed by atoms with Crippen molar-refractivity contribution in [2.45, 2.75) is 44.3 Å². The van der Waals surface area contributed by atoms with Gasteiger partial charge in [-0.25, -0.2) is 12.7 Å². The van der Waals surface area contributed by atoms with Crippen molar-refractivity contribution in [1.82, 2.24) is 9.21 Å². The molecule has 0 unspecified atom stereocenters. The molecule has 0 bridgehead atoms. The molecule has 1 saturated carbocycles. The molecule has 2 aliphatic heterocycles. The number of sulfonamides is 1. The van der Waals surface area contributed by atoms with Crippen molar-refractivity contribution in [2.75, 3.05) is 26.2 Å². The number of carbonyl (C=O) groups excluding carboxylic acids is 1. The van der Waals surface area contributed by atoms with Crippen molar-refractivity contribution in [3.63, 3.8) is 0 Å². The van der Waals surface area contributed by atoms with Gasteiger partial charge in [0.15, 0.2) is 0 Å². The van der Waals surface area contributed by atoms with Crippen LogP contribution in [0.1, 0.15) is 39.0 Å². The second-order valence-corrected chi connectivity index (χ2v) is 8.48. The summed E-state index contributed by atoms with van der Waals surface area (Å²) in [5.41, 5.74) is 0. The normalized spacial score (nSPS) is 34.4. The molecule has 3 fully saturated rings. The lowest BCUT2D eigenvalue weighted by Gasteiger charge is -2.31. The van der Waals surface area contributed by atoms with E-state index >= 15 is 0 Å². The van der Waals surface area contributed by atoms with Crippen molar-refractivity contribution in [1.29, 1.82) is 0 Å². The molecule has 114 valence electrons. The number of hydrogen-bond donors (Lipinski definition) is 0. The van der Waals surface area contributed by atoms with Crippen LogP contribution in [0.4, 0.5) is 0 Å². The first-order chi connectivity index (χ1) is 9.54. The minimum Gasteiger partial charge on any atom is -0.342 e. The van der Waals surface area contributed by atoms with E-state index < -0.39 is 10.0 Å². The van der Waals surface area contributed by atoms with Gasteiger partial charge >= 0.3 is 0 Å². The number of hydrogen-bond acceptors (Lipinski definition) is 3. The predicted octanol–water partition coefficient (Wildman–Crippen LogP) is 1.06. The van der Waals surface area contributed by atoms with Crippen LogP contribution in [0.5, 0.6) is 0 Å². The van der Waals surface area contributed by atoms with Crippen LogP contribution in [0.15, 0.2) is 0 Å². The minimum absolute atomic E-state index is 0.208. The zero-order valence-corrected chi connectivity index (χ0v) is 12.9. The fourth-order valence-electron chi connectivity index (χ4n) is 3.74. The van der Waals surface area contributed by atoms with Crippen molar-refractivity contribution in [3.8, 4) is 0 Å². The summed E-state index contributed by atoms with van der Waals surface area (Å²) in [6.07, 6.45) is 4.64. The Hall–Kier alpha value is -0.620. The van der Waals surface area contributed by atoms with E-state index in [1.165, 1.54) is 0 Å². The topological polar surface area (TPSA) is 57.7 Å². The van der Waals surface area contributed by atoms with E-state index in [-0.39, 0.29) is 23.0 Å². The van der Waals surface area contributed by atoms with Gasteiger partial charge in [0.2, 0.25) is 15.9 Å². The third-order valence-electron chi connectivity index (χ3n) is 5.28. The average Bonchev–Trinajstić information content (AvgIpc) is 2.51. The van der Waals surface area contributed by atoms with Gasteiger partial charge in [0.1, 0.15) is 0 Å². The van der Waals surface area contributed by atoms with Crippen molar-refractivity contribution in [2.24, 2.45) is 11.8 Å². The lowest BCUT2D eigenvalue weighted by Crippen LogP contribution is -2.40. The Bertz CT molecular complexity index is 487. The molecule has 0 spiro atoms. The van der Waals surface area contributed by atoms with Crippen LogP contribution in [-0.2, 0) is 14.8 Å². The Morgan fingerprint density at radius 3 is 2.45 bits per heavy atom. The van der Waals surface area contributed by atoms with Crippen LogP contribution in [-0.4, -0.2) is 55.0 Å². The lowest BCUT2D eigenvalue weighted by molar-refractivity contribution is -0.138. The fraction of sp³-hybridized carbons (Fsp3) is 0.929. The van der Waals surface area contributed by atoms with E-state index in [2.05, 4.69) is 0 Å². The first-order valence-electron chi connectivity index (χ1n) is 7.81. The lowest BCUT2D eigenvalue weighted by atomic mass is 9.84. The van der Waals surface area contributed by atoms with Crippen LogP contribution >= 0.6 is 0 Å². The van der Waals surface area contributed by atoms with Crippen LogP contribution in [0.2, 0.25) is 0 Å². The van der Waals surface area contributed by atoms with Crippen molar-refractivity contribution in [3.05, 3.63) is 0 Å². The molecule has 2 saturated heterocycles. The number of rotatable bonds is 2. The summed E-state index contributed by atoms with van der Waals surface area (Å²) in [6, 6.07) is 0. The summed E-state index contributed by atoms with van der Waals surface area (Å²) in [7, 11) is -3.13. The summed E-state index contributed by atoms with van der Waals surface area (Å²) < 4.78 is 26.4. The molecule has 0 aromatic rings. The van der Waals surface area contributed by atoms with E-state index in [4.69, 9.17) is 0 Å². The predicted molar refractivity (Wildman–Crippen MR) is 76.6 cm³/mol. The van der Waals surface area contributed by atoms with Gasteiger partial charge in [-0.3, -0.25) is 4.79 Å². The van der Waals surface area contributed by atoms with Gasteiger partial charge < -0.3 is 4.90 Å². The summed E-state index contributed by atoms with van der Waals surface area (Å²) in [5, 5.41) is -0.262. The molecule has 6 heteroatoms. The maximum absolute atomic E-state index is 12.4. The first kappa shape index (κ1) is 14.3. The van der Waals surface area contributed by atoms with Crippen LogP contribution in [0.25, 0.3) is 0 Å². The van der Waals surface area contributed by atoms with Gasteiger partial charge in [0.05, 0.1) is 5.25 Å². The Morgan fingerprint density at radius 1 is 1.15 bits per heavy atom. The highest BCUT2D eigenvalue weighted by atomic mass is 32.2. The molecular formula is C14H24N2O3S. The van der Waals surface area contributed by atoms with E-state index in [9.17, 15) is 13.2 Å². The second kappa shape index (κ2) is 5.30. The number of likely N-dealkylation sites (tertiary alicyclic amines) is 1. The van der Waals surface area contributed by atoms with Gasteiger partial charge in [-0.15, -0.1) is 0 Å². The first-order valence-corrected chi connectivity index (χ1v) is 9.32. The zero-order chi connectivity index (χ0) is 14.3. The SMILES string of the molecule is CCN1C[C@@H]2CCN(C(=O)C3CCC3)CC[C@@H]2S1(=O)=O. The third-order valence-corrected chi connectivity index (χ3v) is 7.79. The average molecular weight is 300 g/mol. The van der Waals surface area contributed by atoms with Crippen molar-refractivity contribution >= 4 is 15.9 Å². The molecule has 0 aromatic carbocycles. The third kappa shape index (κ3) is 2.26. The van der Waals surface area contributed by atoms with Gasteiger partial charge in [0, 0.05) is 32.1 Å². The zero-order valence-electron chi connectivity index (χ0n) is 12.1. The Kier molecular flexibility index (Phi) is 3.79. The monoisotopic (exact) mass is 300 g/mol. The standard InChI is InChI=1S/C14H24N2O3S/c1-2-16-10-12-6-8-15(14(17)11-4-3-5-11)9-7-13(12)20(16,18)19/h11-13H,2-10H2,1H3/t12-,13-/m0/s1. The highest BCUT2D eigenvalue weighted by Crippen LogP contribution is 2.35. The molecular weight excluding hydrogens is 276 g/mol. The second-order valence-electron chi connectivity index (χ2n) is 6.32. The van der Waals surface area contributed by atoms with E-state index in [0.29, 0.717) is 26.1 Å². The highest BCUT2D eigenvalue weighted by molar-refractivity contribution is 7.90. The van der Waals surface area contributed by atoms with E-state index in [1.54, 1.807) is 4.31 Å². The van der Waals surface area contributed by atoms with Crippen molar-refractivity contribution < 1.29 is 13.2 Å². The molecule has 2 heterocycles. The minimum atomic E-state index is -3.13. The molecule has 1 amide bonds. The number of fused-ring (bicyclic) bond motifs is 1. The number of amides is 1. The highest BCUT2D eigenvalue weighted by Gasteiger charge is 2.46. The summed E-state index contributed by atoms with van der Waals surface area (Å²) in [5.74, 6) is 0.691. The molecule has 2 atom stereocenters. The molecule has 3 rings (SSSR count). The van der Waals surface area contributed by atoms with Gasteiger partial charge in [-0.05, 0) is 31.6 Å². The van der Waals surface area contributed by atoms with Crippen LogP contribution in [0.3, 0.4) is 0 Å². The van der Waals surface area contributed by atoms with Crippen LogP contribution < -0.4 is 0 Å². The molecule has 0 radical (unpaired) electrons. The Balaban J connectivity index is 1.69. The van der Waals surface area contributed by atoms with E-state index in [0.717, 1.165) is 32.2 Å².